The predicted octanol–water partition coefficient (Wildman–Crippen LogP) is 4.52. The van der Waals surface area contributed by atoms with Gasteiger partial charge in [-0.2, -0.15) is 0 Å². The standard InChI is InChI=1S/C16H13ClN2O2S2/c1-22-14(20)6-11(15(21)9-2-4-10(17)5-3-9)16-18-12-7-23-8-13(12)19-16/h2-5,7-8,11H,6H2,1H3,(H,18,19). The minimum absolute atomic E-state index is 0.0452. The SMILES string of the molecule is CSC(=O)CC(C(=O)c1ccc(Cl)cc1)c1nc2cscc2[nH]1. The molecular weight excluding hydrogens is 352 g/mol. The van der Waals surface area contributed by atoms with Crippen LogP contribution in [0, 0.1) is 0 Å². The molecule has 0 amide bonds. The molecule has 0 fully saturated rings. The van der Waals surface area contributed by atoms with Gasteiger partial charge in [0.05, 0.1) is 17.0 Å². The molecule has 1 aromatic carbocycles. The fraction of sp³-hybridized carbons (Fsp3) is 0.188. The van der Waals surface area contributed by atoms with Crippen molar-refractivity contribution >= 4 is 56.6 Å². The van der Waals surface area contributed by atoms with Crippen LogP contribution in [-0.2, 0) is 4.79 Å². The number of hydrogen-bond donors (Lipinski definition) is 1. The zero-order valence-corrected chi connectivity index (χ0v) is 14.6. The molecule has 0 aliphatic heterocycles. The van der Waals surface area contributed by atoms with Crippen LogP contribution in [0.5, 0.6) is 0 Å². The molecule has 0 saturated carbocycles. The van der Waals surface area contributed by atoms with Gasteiger partial charge in [0.2, 0.25) is 0 Å². The topological polar surface area (TPSA) is 62.8 Å². The Balaban J connectivity index is 1.97. The molecule has 23 heavy (non-hydrogen) atoms. The maximum atomic E-state index is 12.8. The van der Waals surface area contributed by atoms with Crippen LogP contribution >= 0.6 is 34.7 Å². The lowest BCUT2D eigenvalue weighted by atomic mass is 9.94. The van der Waals surface area contributed by atoms with Crippen molar-refractivity contribution in [3.8, 4) is 0 Å². The summed E-state index contributed by atoms with van der Waals surface area (Å²) in [5.74, 6) is -0.220. The van der Waals surface area contributed by atoms with Gasteiger partial charge < -0.3 is 4.98 Å². The number of carbonyl (C=O) groups excluding carboxylic acids is 2. The maximum absolute atomic E-state index is 12.8. The van der Waals surface area contributed by atoms with Crippen molar-refractivity contribution in [2.45, 2.75) is 12.3 Å². The zero-order valence-electron chi connectivity index (χ0n) is 12.2. The number of halogens is 1. The number of nitrogens with zero attached hydrogens (tertiary/aromatic N) is 1. The van der Waals surface area contributed by atoms with E-state index >= 15 is 0 Å². The number of nitrogens with one attached hydrogen (secondary N) is 1. The largest absolute Gasteiger partial charge is 0.341 e. The van der Waals surface area contributed by atoms with Crippen molar-refractivity contribution in [2.24, 2.45) is 0 Å². The van der Waals surface area contributed by atoms with E-state index in [1.54, 1.807) is 41.9 Å². The molecule has 3 aromatic rings. The quantitative estimate of drug-likeness (QED) is 0.676. The Morgan fingerprint density at radius 1 is 1.30 bits per heavy atom. The zero-order chi connectivity index (χ0) is 16.4. The van der Waals surface area contributed by atoms with E-state index < -0.39 is 5.92 Å². The fourth-order valence-corrected chi connectivity index (χ4v) is 3.46. The van der Waals surface area contributed by atoms with Gasteiger partial charge in [-0.1, -0.05) is 23.4 Å². The van der Waals surface area contributed by atoms with Crippen LogP contribution in [0.1, 0.15) is 28.5 Å². The summed E-state index contributed by atoms with van der Waals surface area (Å²) in [6, 6.07) is 6.68. The highest BCUT2D eigenvalue weighted by molar-refractivity contribution is 8.13. The molecule has 0 bridgehead atoms. The van der Waals surface area contributed by atoms with Gasteiger partial charge >= 0.3 is 0 Å². The van der Waals surface area contributed by atoms with Gasteiger partial charge in [-0.15, -0.1) is 11.3 Å². The van der Waals surface area contributed by atoms with Crippen molar-refractivity contribution in [1.29, 1.82) is 0 Å². The van der Waals surface area contributed by atoms with E-state index in [1.807, 2.05) is 10.8 Å². The molecule has 0 aliphatic rings. The van der Waals surface area contributed by atoms with Gasteiger partial charge in [0.25, 0.3) is 0 Å². The molecule has 2 heterocycles. The molecule has 0 radical (unpaired) electrons. The van der Waals surface area contributed by atoms with E-state index in [-0.39, 0.29) is 17.3 Å². The molecule has 0 saturated heterocycles. The first-order chi connectivity index (χ1) is 11.1. The van der Waals surface area contributed by atoms with Crippen LogP contribution in [0.3, 0.4) is 0 Å². The molecular formula is C16H13ClN2O2S2. The minimum atomic E-state index is -0.617. The van der Waals surface area contributed by atoms with Crippen molar-refractivity contribution < 1.29 is 9.59 Å². The van der Waals surface area contributed by atoms with Gasteiger partial charge in [-0.25, -0.2) is 4.98 Å². The molecule has 3 rings (SSSR count). The number of imidazole rings is 1. The second kappa shape index (κ2) is 6.86. The van der Waals surface area contributed by atoms with E-state index in [4.69, 9.17) is 11.6 Å². The van der Waals surface area contributed by atoms with Crippen molar-refractivity contribution in [2.75, 3.05) is 6.26 Å². The first-order valence-corrected chi connectivity index (χ1v) is 9.41. The summed E-state index contributed by atoms with van der Waals surface area (Å²) in [4.78, 5) is 32.4. The highest BCUT2D eigenvalue weighted by Crippen LogP contribution is 2.28. The normalized spacial score (nSPS) is 12.4. The number of thiophene rings is 1. The number of rotatable bonds is 5. The number of H-pyrrole nitrogens is 1. The van der Waals surface area contributed by atoms with Crippen LogP contribution in [0.4, 0.5) is 0 Å². The van der Waals surface area contributed by atoms with Crippen LogP contribution in [0.2, 0.25) is 5.02 Å². The van der Waals surface area contributed by atoms with Crippen LogP contribution in [0.15, 0.2) is 35.0 Å². The Kier molecular flexibility index (Phi) is 4.84. The Hall–Kier alpha value is -1.63. The van der Waals surface area contributed by atoms with E-state index in [0.717, 1.165) is 22.8 Å². The number of carbonyl (C=O) groups is 2. The summed E-state index contributed by atoms with van der Waals surface area (Å²) < 4.78 is 0. The van der Waals surface area contributed by atoms with Crippen LogP contribution in [0.25, 0.3) is 11.0 Å². The highest BCUT2D eigenvalue weighted by Gasteiger charge is 2.27. The summed E-state index contributed by atoms with van der Waals surface area (Å²) >= 11 is 8.53. The number of aromatic amines is 1. The third kappa shape index (κ3) is 3.49. The van der Waals surface area contributed by atoms with Crippen LogP contribution in [-0.4, -0.2) is 27.1 Å². The summed E-state index contributed by atoms with van der Waals surface area (Å²) in [7, 11) is 0. The Morgan fingerprint density at radius 3 is 2.70 bits per heavy atom. The third-order valence-electron chi connectivity index (χ3n) is 3.52. The van der Waals surface area contributed by atoms with Gasteiger partial charge in [-0.05, 0) is 30.5 Å². The molecule has 0 spiro atoms. The lowest BCUT2D eigenvalue weighted by Gasteiger charge is -2.12. The smallest absolute Gasteiger partial charge is 0.189 e. The molecule has 4 nitrogen and oxygen atoms in total. The fourth-order valence-electron chi connectivity index (χ4n) is 2.31. The molecule has 118 valence electrons. The minimum Gasteiger partial charge on any atom is -0.341 e. The second-order valence-electron chi connectivity index (χ2n) is 5.00. The lowest BCUT2D eigenvalue weighted by Crippen LogP contribution is -2.17. The Labute approximate surface area is 146 Å². The van der Waals surface area contributed by atoms with Crippen molar-refractivity contribution in [3.63, 3.8) is 0 Å². The van der Waals surface area contributed by atoms with Gasteiger partial charge in [-0.3, -0.25) is 9.59 Å². The number of Topliss-reactive ketones (excluding diaryl/α,β-unsaturated/α-hetero) is 1. The first kappa shape index (κ1) is 16.2. The highest BCUT2D eigenvalue weighted by atomic mass is 35.5. The average Bonchev–Trinajstić information content (AvgIpc) is 3.14. The van der Waals surface area contributed by atoms with Crippen LogP contribution < -0.4 is 0 Å². The molecule has 1 atom stereocenters. The Bertz CT molecular complexity index is 826. The maximum Gasteiger partial charge on any atom is 0.189 e. The summed E-state index contributed by atoms with van der Waals surface area (Å²) in [5, 5.41) is 4.37. The lowest BCUT2D eigenvalue weighted by molar-refractivity contribution is -0.111. The van der Waals surface area contributed by atoms with Gasteiger partial charge in [0.15, 0.2) is 10.9 Å². The van der Waals surface area contributed by atoms with Gasteiger partial charge in [0.1, 0.15) is 5.82 Å². The molecule has 1 N–H and O–H groups in total. The number of ketones is 1. The summed E-state index contributed by atoms with van der Waals surface area (Å²) in [6.07, 6.45) is 1.83. The monoisotopic (exact) mass is 364 g/mol. The predicted molar refractivity (Wildman–Crippen MR) is 95.6 cm³/mol. The average molecular weight is 365 g/mol. The number of benzene rings is 1. The van der Waals surface area contributed by atoms with E-state index in [2.05, 4.69) is 9.97 Å². The van der Waals surface area contributed by atoms with Crippen molar-refractivity contribution in [3.05, 3.63) is 51.4 Å². The third-order valence-corrected chi connectivity index (χ3v) is 5.12. The number of fused-ring (bicyclic) bond motifs is 1. The number of aromatic nitrogens is 2. The molecule has 1 unspecified atom stereocenters. The first-order valence-electron chi connectivity index (χ1n) is 6.87. The summed E-state index contributed by atoms with van der Waals surface area (Å²) in [6.45, 7) is 0. The second-order valence-corrected chi connectivity index (χ2v) is 7.04. The number of thioether (sulfide) groups is 1. The molecule has 7 heteroatoms. The van der Waals surface area contributed by atoms with E-state index in [9.17, 15) is 9.59 Å². The number of hydrogen-bond acceptors (Lipinski definition) is 5. The molecule has 2 aromatic heterocycles. The van der Waals surface area contributed by atoms with E-state index in [1.165, 1.54) is 0 Å². The molecule has 0 aliphatic carbocycles. The summed E-state index contributed by atoms with van der Waals surface area (Å²) in [5.41, 5.74) is 2.22. The Morgan fingerprint density at radius 2 is 2.04 bits per heavy atom. The van der Waals surface area contributed by atoms with Crippen molar-refractivity contribution in [1.82, 2.24) is 9.97 Å². The van der Waals surface area contributed by atoms with E-state index in [0.29, 0.717) is 16.4 Å². The van der Waals surface area contributed by atoms with Gasteiger partial charge in [0, 0.05) is 27.8 Å².